The molecule has 0 fully saturated rings. The van der Waals surface area contributed by atoms with E-state index in [0.29, 0.717) is 42.1 Å². The van der Waals surface area contributed by atoms with Crippen LogP contribution in [-0.2, 0) is 16.1 Å². The summed E-state index contributed by atoms with van der Waals surface area (Å²) >= 11 is 0. The molecule has 0 aliphatic carbocycles. The van der Waals surface area contributed by atoms with Crippen molar-refractivity contribution < 1.29 is 19.5 Å². The predicted molar refractivity (Wildman–Crippen MR) is 151 cm³/mol. The maximum Gasteiger partial charge on any atom is 0.328 e. The minimum Gasteiger partial charge on any atom is -0.480 e. The van der Waals surface area contributed by atoms with Gasteiger partial charge in [0.1, 0.15) is 11.6 Å². The molecule has 40 heavy (non-hydrogen) atoms. The topological polar surface area (TPSA) is 209 Å². The molecule has 1 atom stereocenters. The smallest absolute Gasteiger partial charge is 0.328 e. The lowest BCUT2D eigenvalue weighted by Gasteiger charge is -2.15. The first-order valence-corrected chi connectivity index (χ1v) is 13.3. The third kappa shape index (κ3) is 8.27. The van der Waals surface area contributed by atoms with Crippen molar-refractivity contribution in [3.05, 3.63) is 45.9 Å². The number of nitrogens with one attached hydrogen (secondary N) is 5. The van der Waals surface area contributed by atoms with Crippen LogP contribution in [0.1, 0.15) is 54.9 Å². The molecule has 14 heteroatoms. The van der Waals surface area contributed by atoms with Gasteiger partial charge >= 0.3 is 11.7 Å². The quantitative estimate of drug-likeness (QED) is 0.123. The second-order valence-corrected chi connectivity index (χ2v) is 9.36. The fourth-order valence-electron chi connectivity index (χ4n) is 4.01. The maximum atomic E-state index is 12.6. The summed E-state index contributed by atoms with van der Waals surface area (Å²) in [5, 5.41) is 20.4. The Labute approximate surface area is 231 Å². The molecule has 2 amide bonds. The first kappa shape index (κ1) is 30.1. The number of nitrogen functional groups attached to an aromatic ring is 1. The third-order valence-corrected chi connectivity index (χ3v) is 6.23. The first-order valence-electron chi connectivity index (χ1n) is 13.3. The van der Waals surface area contributed by atoms with Gasteiger partial charge in [0.2, 0.25) is 11.9 Å². The molecule has 0 bridgehead atoms. The predicted octanol–water partition coefficient (Wildman–Crippen LogP) is 0.651. The molecule has 0 aliphatic rings. The average molecular weight is 556 g/mol. The second-order valence-electron chi connectivity index (χ2n) is 9.36. The van der Waals surface area contributed by atoms with E-state index in [1.165, 1.54) is 4.57 Å². The molecule has 3 rings (SSSR count). The van der Waals surface area contributed by atoms with Crippen molar-refractivity contribution in [3.8, 4) is 0 Å². The number of aromatic amines is 1. The SMILES string of the molecule is CCCCNc1nc(N)c2[nH]c(=O)n(Cc3ccc(C(=O)NCC(=O)N[C@@H](CCCCNC)C(=O)O)cc3)c2n1. The lowest BCUT2D eigenvalue weighted by atomic mass is 10.1. The molecule has 2 aromatic heterocycles. The Morgan fingerprint density at radius 2 is 1.85 bits per heavy atom. The number of hydrogen-bond acceptors (Lipinski definition) is 9. The monoisotopic (exact) mass is 555 g/mol. The van der Waals surface area contributed by atoms with Gasteiger partial charge in [-0.3, -0.25) is 14.2 Å². The molecule has 0 radical (unpaired) electrons. The summed E-state index contributed by atoms with van der Waals surface area (Å²) in [6, 6.07) is 5.52. The van der Waals surface area contributed by atoms with Gasteiger partial charge < -0.3 is 37.1 Å². The van der Waals surface area contributed by atoms with Gasteiger partial charge in [0, 0.05) is 12.1 Å². The van der Waals surface area contributed by atoms with Gasteiger partial charge in [-0.05, 0) is 57.0 Å². The number of amides is 2. The minimum atomic E-state index is -1.12. The van der Waals surface area contributed by atoms with Crippen molar-refractivity contribution in [2.75, 3.05) is 37.7 Å². The van der Waals surface area contributed by atoms with Gasteiger partial charge in [-0.2, -0.15) is 9.97 Å². The molecule has 1 aromatic carbocycles. The number of fused-ring (bicyclic) bond motifs is 1. The number of hydrogen-bond donors (Lipinski definition) is 7. The molecule has 0 aliphatic heterocycles. The number of anilines is 2. The van der Waals surface area contributed by atoms with Crippen LogP contribution in [0.3, 0.4) is 0 Å². The van der Waals surface area contributed by atoms with E-state index >= 15 is 0 Å². The summed E-state index contributed by atoms with van der Waals surface area (Å²) < 4.78 is 1.44. The van der Waals surface area contributed by atoms with Crippen molar-refractivity contribution in [1.29, 1.82) is 0 Å². The molecule has 3 aromatic rings. The zero-order valence-corrected chi connectivity index (χ0v) is 22.7. The highest BCUT2D eigenvalue weighted by Gasteiger charge is 2.20. The summed E-state index contributed by atoms with van der Waals surface area (Å²) in [6.07, 6.45) is 3.66. The normalized spacial score (nSPS) is 11.8. The van der Waals surface area contributed by atoms with Crippen LogP contribution in [-0.4, -0.2) is 75.1 Å². The van der Waals surface area contributed by atoms with E-state index in [4.69, 9.17) is 5.73 Å². The Bertz CT molecular complexity index is 1370. The number of H-pyrrole nitrogens is 1. The summed E-state index contributed by atoms with van der Waals surface area (Å²) in [7, 11) is 1.81. The molecule has 0 spiro atoms. The molecular formula is C26H37N9O5. The number of rotatable bonds is 16. The fraction of sp³-hybridized carbons (Fsp3) is 0.462. The number of carboxylic acids is 1. The number of carbonyl (C=O) groups is 3. The fourth-order valence-corrected chi connectivity index (χ4v) is 4.01. The summed E-state index contributed by atoms with van der Waals surface area (Å²) in [5.41, 5.74) is 7.40. The molecule has 216 valence electrons. The Hall–Kier alpha value is -4.46. The zero-order valence-electron chi connectivity index (χ0n) is 22.7. The van der Waals surface area contributed by atoms with E-state index in [1.807, 2.05) is 7.05 Å². The Kier molecular flexibility index (Phi) is 11.0. The van der Waals surface area contributed by atoms with Crippen LogP contribution in [0.25, 0.3) is 11.2 Å². The molecule has 0 unspecified atom stereocenters. The lowest BCUT2D eigenvalue weighted by Crippen LogP contribution is -2.45. The van der Waals surface area contributed by atoms with Crippen molar-refractivity contribution >= 4 is 40.7 Å². The van der Waals surface area contributed by atoms with Crippen LogP contribution in [0.5, 0.6) is 0 Å². The van der Waals surface area contributed by atoms with Crippen LogP contribution in [0.15, 0.2) is 29.1 Å². The zero-order chi connectivity index (χ0) is 29.1. The van der Waals surface area contributed by atoms with Crippen LogP contribution in [0, 0.1) is 0 Å². The van der Waals surface area contributed by atoms with E-state index in [-0.39, 0.29) is 18.9 Å². The van der Waals surface area contributed by atoms with E-state index in [0.717, 1.165) is 31.4 Å². The highest BCUT2D eigenvalue weighted by atomic mass is 16.4. The maximum absolute atomic E-state index is 12.6. The van der Waals surface area contributed by atoms with Gasteiger partial charge in [0.15, 0.2) is 11.5 Å². The third-order valence-electron chi connectivity index (χ3n) is 6.23. The standard InChI is InChI=1S/C26H37N9O5/c1-3-4-13-29-25-33-21(27)20-22(34-25)35(26(40)32-20)15-16-8-10-17(11-9-16)23(37)30-14-19(36)31-18(24(38)39)7-5-6-12-28-2/h8-11,18,28H,3-7,12-15H2,1-2H3,(H,30,37)(H,31,36)(H,32,40)(H,38,39)(H3,27,29,33,34)/t18-/m0/s1. The molecule has 14 nitrogen and oxygen atoms in total. The lowest BCUT2D eigenvalue weighted by molar-refractivity contribution is -0.141. The number of carbonyl (C=O) groups excluding carboxylic acids is 2. The van der Waals surface area contributed by atoms with Gasteiger partial charge in [-0.15, -0.1) is 0 Å². The molecule has 2 heterocycles. The van der Waals surface area contributed by atoms with Crippen LogP contribution in [0.2, 0.25) is 0 Å². The number of unbranched alkanes of at least 4 members (excludes halogenated alkanes) is 2. The Balaban J connectivity index is 1.60. The van der Waals surface area contributed by atoms with Crippen molar-refractivity contribution in [2.24, 2.45) is 0 Å². The summed E-state index contributed by atoms with van der Waals surface area (Å²) in [5.74, 6) is -1.69. The van der Waals surface area contributed by atoms with E-state index < -0.39 is 29.5 Å². The van der Waals surface area contributed by atoms with E-state index in [2.05, 4.69) is 43.1 Å². The second kappa shape index (κ2) is 14.6. The molecule has 0 saturated carbocycles. The van der Waals surface area contributed by atoms with Crippen LogP contribution in [0.4, 0.5) is 11.8 Å². The van der Waals surface area contributed by atoms with Gasteiger partial charge in [-0.25, -0.2) is 9.59 Å². The number of imidazole rings is 1. The Morgan fingerprint density at radius 3 is 2.52 bits per heavy atom. The van der Waals surface area contributed by atoms with Crippen LogP contribution >= 0.6 is 0 Å². The van der Waals surface area contributed by atoms with E-state index in [1.54, 1.807) is 24.3 Å². The van der Waals surface area contributed by atoms with E-state index in [9.17, 15) is 24.3 Å². The average Bonchev–Trinajstić information content (AvgIpc) is 3.24. The highest BCUT2D eigenvalue weighted by molar-refractivity contribution is 5.96. The van der Waals surface area contributed by atoms with Crippen molar-refractivity contribution in [2.45, 2.75) is 51.6 Å². The number of benzene rings is 1. The minimum absolute atomic E-state index is 0.166. The number of aromatic nitrogens is 4. The largest absolute Gasteiger partial charge is 0.480 e. The van der Waals surface area contributed by atoms with Gasteiger partial charge in [0.05, 0.1) is 13.1 Å². The summed E-state index contributed by atoms with van der Waals surface area (Å²) in [6.45, 7) is 3.33. The number of nitrogens with zero attached hydrogens (tertiary/aromatic N) is 3. The van der Waals surface area contributed by atoms with Crippen molar-refractivity contribution in [1.82, 2.24) is 35.5 Å². The number of nitrogens with two attached hydrogens (primary N) is 1. The molecule has 8 N–H and O–H groups in total. The Morgan fingerprint density at radius 1 is 1.10 bits per heavy atom. The van der Waals surface area contributed by atoms with Crippen LogP contribution < -0.4 is 32.7 Å². The van der Waals surface area contributed by atoms with Gasteiger partial charge in [0.25, 0.3) is 5.91 Å². The first-order chi connectivity index (χ1) is 19.2. The highest BCUT2D eigenvalue weighted by Crippen LogP contribution is 2.18. The van der Waals surface area contributed by atoms with Gasteiger partial charge in [-0.1, -0.05) is 25.5 Å². The summed E-state index contributed by atoms with van der Waals surface area (Å²) in [4.78, 5) is 60.2. The molecular weight excluding hydrogens is 518 g/mol. The number of aliphatic carboxylic acids is 1. The molecule has 0 saturated heterocycles. The number of carboxylic acid groups (broad SMARTS) is 1. The van der Waals surface area contributed by atoms with Crippen molar-refractivity contribution in [3.63, 3.8) is 0 Å².